The van der Waals surface area contributed by atoms with E-state index in [-0.39, 0.29) is 11.2 Å². The molecular weight excluding hydrogens is 296 g/mol. The highest BCUT2D eigenvalue weighted by Gasteiger charge is 2.17. The fourth-order valence-electron chi connectivity index (χ4n) is 2.07. The summed E-state index contributed by atoms with van der Waals surface area (Å²) in [5.74, 6) is -0.0518. The van der Waals surface area contributed by atoms with Gasteiger partial charge < -0.3 is 10.3 Å². The Labute approximate surface area is 132 Å². The number of hydrogen-bond acceptors (Lipinski definition) is 4. The zero-order valence-corrected chi connectivity index (χ0v) is 13.1. The van der Waals surface area contributed by atoms with Gasteiger partial charge in [-0.3, -0.25) is 4.79 Å². The van der Waals surface area contributed by atoms with Crippen LogP contribution in [-0.2, 0) is 4.79 Å². The zero-order valence-electron chi connectivity index (χ0n) is 12.3. The smallest absolute Gasteiger partial charge is 0.237 e. The number of benzene rings is 1. The predicted molar refractivity (Wildman–Crippen MR) is 89.0 cm³/mol. The highest BCUT2D eigenvalue weighted by atomic mass is 32.2. The number of carbonyl (C=O) groups is 1. The number of aromatic amines is 1. The van der Waals surface area contributed by atoms with Crippen LogP contribution < -0.4 is 5.32 Å². The van der Waals surface area contributed by atoms with Gasteiger partial charge in [0.15, 0.2) is 10.8 Å². The van der Waals surface area contributed by atoms with Gasteiger partial charge in [-0.25, -0.2) is 9.97 Å². The number of nitrogens with one attached hydrogen (secondary N) is 2. The molecule has 6 heteroatoms. The minimum absolute atomic E-state index is 0.0518. The van der Waals surface area contributed by atoms with Crippen molar-refractivity contribution in [3.8, 4) is 0 Å². The first-order valence-electron chi connectivity index (χ1n) is 6.97. The summed E-state index contributed by atoms with van der Waals surface area (Å²) < 4.78 is 0. The largest absolute Gasteiger partial charge is 0.332 e. The van der Waals surface area contributed by atoms with E-state index >= 15 is 0 Å². The summed E-state index contributed by atoms with van der Waals surface area (Å²) in [4.78, 5) is 24.0. The van der Waals surface area contributed by atoms with Gasteiger partial charge in [-0.05, 0) is 43.7 Å². The van der Waals surface area contributed by atoms with Crippen LogP contribution in [0, 0.1) is 6.92 Å². The first-order valence-corrected chi connectivity index (χ1v) is 7.85. The number of hydrogen-bond donors (Lipinski definition) is 2. The van der Waals surface area contributed by atoms with Crippen molar-refractivity contribution in [2.75, 3.05) is 5.32 Å². The molecule has 0 aliphatic carbocycles. The maximum atomic E-state index is 12.3. The number of aromatic nitrogens is 3. The van der Waals surface area contributed by atoms with E-state index in [0.717, 1.165) is 16.8 Å². The van der Waals surface area contributed by atoms with Crippen molar-refractivity contribution in [1.82, 2.24) is 15.0 Å². The number of carbonyl (C=O) groups excluding carboxylic acids is 1. The van der Waals surface area contributed by atoms with Crippen LogP contribution in [0.4, 0.5) is 5.69 Å². The van der Waals surface area contributed by atoms with Crippen LogP contribution in [0.2, 0.25) is 0 Å². The maximum absolute atomic E-state index is 12.3. The lowest BCUT2D eigenvalue weighted by molar-refractivity contribution is -0.115. The Morgan fingerprint density at radius 2 is 2.18 bits per heavy atom. The van der Waals surface area contributed by atoms with Crippen molar-refractivity contribution in [2.45, 2.75) is 24.3 Å². The normalized spacial score (nSPS) is 12.3. The minimum Gasteiger partial charge on any atom is -0.332 e. The Hall–Kier alpha value is -2.34. The van der Waals surface area contributed by atoms with Gasteiger partial charge in [0.05, 0.1) is 10.8 Å². The van der Waals surface area contributed by atoms with Crippen molar-refractivity contribution in [3.05, 3.63) is 48.2 Å². The number of pyridine rings is 1. The standard InChI is InChI=1S/C16H16N4OS/c1-10-5-3-6-12(9-10)18-15(21)11(2)22-16-19-13-7-4-8-17-14(13)20-16/h3-9,11H,1-2H3,(H,18,21)(H,17,19,20). The second kappa shape index (κ2) is 6.19. The number of nitrogens with zero attached hydrogens (tertiary/aromatic N) is 2. The van der Waals surface area contributed by atoms with E-state index in [2.05, 4.69) is 20.3 Å². The molecule has 0 aliphatic heterocycles. The molecule has 2 aromatic heterocycles. The molecule has 1 amide bonds. The predicted octanol–water partition coefficient (Wildman–Crippen LogP) is 3.39. The summed E-state index contributed by atoms with van der Waals surface area (Å²) in [6.07, 6.45) is 1.70. The summed E-state index contributed by atoms with van der Waals surface area (Å²) in [5.41, 5.74) is 3.46. The van der Waals surface area contributed by atoms with Crippen molar-refractivity contribution < 1.29 is 4.79 Å². The number of thioether (sulfide) groups is 1. The Morgan fingerprint density at radius 1 is 1.32 bits per heavy atom. The first-order chi connectivity index (χ1) is 10.6. The number of aryl methyl sites for hydroxylation is 1. The third-order valence-electron chi connectivity index (χ3n) is 3.18. The number of imidazole rings is 1. The third kappa shape index (κ3) is 3.28. The quantitative estimate of drug-likeness (QED) is 0.725. The molecule has 112 valence electrons. The van der Waals surface area contributed by atoms with Crippen molar-refractivity contribution in [3.63, 3.8) is 0 Å². The topological polar surface area (TPSA) is 70.7 Å². The van der Waals surface area contributed by atoms with Gasteiger partial charge in [-0.15, -0.1) is 0 Å². The van der Waals surface area contributed by atoms with E-state index in [1.54, 1.807) is 6.20 Å². The molecule has 1 atom stereocenters. The second-order valence-electron chi connectivity index (χ2n) is 5.04. The summed E-state index contributed by atoms with van der Waals surface area (Å²) in [7, 11) is 0. The number of amides is 1. The number of anilines is 1. The molecule has 3 aromatic rings. The van der Waals surface area contributed by atoms with Crippen LogP contribution in [0.15, 0.2) is 47.8 Å². The van der Waals surface area contributed by atoms with E-state index in [4.69, 9.17) is 0 Å². The molecule has 1 aromatic carbocycles. The highest BCUT2D eigenvalue weighted by Crippen LogP contribution is 2.23. The van der Waals surface area contributed by atoms with Crippen molar-refractivity contribution >= 4 is 34.5 Å². The summed E-state index contributed by atoms with van der Waals surface area (Å²) in [6, 6.07) is 11.5. The monoisotopic (exact) mass is 312 g/mol. The van der Waals surface area contributed by atoms with Gasteiger partial charge in [0.25, 0.3) is 0 Å². The molecule has 0 saturated carbocycles. The Balaban J connectivity index is 1.68. The third-order valence-corrected chi connectivity index (χ3v) is 4.16. The van der Waals surface area contributed by atoms with Gasteiger partial charge in [0.2, 0.25) is 5.91 Å². The summed E-state index contributed by atoms with van der Waals surface area (Å²) in [5, 5.41) is 3.35. The summed E-state index contributed by atoms with van der Waals surface area (Å²) in [6.45, 7) is 3.85. The molecule has 0 saturated heterocycles. The average Bonchev–Trinajstić information content (AvgIpc) is 2.89. The first kappa shape index (κ1) is 14.6. The molecular formula is C16H16N4OS. The number of H-pyrrole nitrogens is 1. The van der Waals surface area contributed by atoms with Crippen LogP contribution in [0.1, 0.15) is 12.5 Å². The second-order valence-corrected chi connectivity index (χ2v) is 6.36. The number of rotatable bonds is 4. The molecule has 0 radical (unpaired) electrons. The fourth-order valence-corrected chi connectivity index (χ4v) is 2.88. The van der Waals surface area contributed by atoms with E-state index in [1.165, 1.54) is 11.8 Å². The molecule has 0 aliphatic rings. The SMILES string of the molecule is Cc1cccc(NC(=O)C(C)Sc2nc3ncccc3[nH]2)c1. The van der Waals surface area contributed by atoms with E-state index in [9.17, 15) is 4.79 Å². The fraction of sp³-hybridized carbons (Fsp3) is 0.188. The molecule has 0 spiro atoms. The molecule has 0 fully saturated rings. The average molecular weight is 312 g/mol. The van der Waals surface area contributed by atoms with E-state index in [0.29, 0.717) is 10.8 Å². The highest BCUT2D eigenvalue weighted by molar-refractivity contribution is 8.00. The van der Waals surface area contributed by atoms with E-state index in [1.807, 2.05) is 50.2 Å². The number of fused-ring (bicyclic) bond motifs is 1. The molecule has 2 N–H and O–H groups in total. The van der Waals surface area contributed by atoms with Crippen LogP contribution in [0.25, 0.3) is 11.2 Å². The lowest BCUT2D eigenvalue weighted by Crippen LogP contribution is -2.22. The molecule has 0 bridgehead atoms. The van der Waals surface area contributed by atoms with Gasteiger partial charge >= 0.3 is 0 Å². The Kier molecular flexibility index (Phi) is 4.11. The Morgan fingerprint density at radius 3 is 2.95 bits per heavy atom. The molecule has 22 heavy (non-hydrogen) atoms. The van der Waals surface area contributed by atoms with E-state index < -0.39 is 0 Å². The van der Waals surface area contributed by atoms with Crippen molar-refractivity contribution in [1.29, 1.82) is 0 Å². The van der Waals surface area contributed by atoms with Gasteiger partial charge in [0, 0.05) is 11.9 Å². The van der Waals surface area contributed by atoms with Gasteiger partial charge in [0.1, 0.15) is 0 Å². The molecule has 3 rings (SSSR count). The molecule has 1 unspecified atom stereocenters. The minimum atomic E-state index is -0.263. The lowest BCUT2D eigenvalue weighted by Gasteiger charge is -2.10. The Bertz CT molecular complexity index is 782. The maximum Gasteiger partial charge on any atom is 0.237 e. The zero-order chi connectivity index (χ0) is 15.5. The lowest BCUT2D eigenvalue weighted by atomic mass is 10.2. The molecule has 2 heterocycles. The molecule has 5 nitrogen and oxygen atoms in total. The van der Waals surface area contributed by atoms with Crippen LogP contribution in [-0.4, -0.2) is 26.1 Å². The van der Waals surface area contributed by atoms with Gasteiger partial charge in [-0.1, -0.05) is 23.9 Å². The summed E-state index contributed by atoms with van der Waals surface area (Å²) >= 11 is 1.38. The van der Waals surface area contributed by atoms with Crippen molar-refractivity contribution in [2.24, 2.45) is 0 Å². The van der Waals surface area contributed by atoms with Gasteiger partial charge in [-0.2, -0.15) is 0 Å². The van der Waals surface area contributed by atoms with Crippen LogP contribution in [0.3, 0.4) is 0 Å². The van der Waals surface area contributed by atoms with Crippen LogP contribution >= 0.6 is 11.8 Å². The van der Waals surface area contributed by atoms with Crippen LogP contribution in [0.5, 0.6) is 0 Å².